The molecule has 1 heterocycles. The summed E-state index contributed by atoms with van der Waals surface area (Å²) in [5, 5.41) is 11.0. The van der Waals surface area contributed by atoms with Gasteiger partial charge in [0.25, 0.3) is 0 Å². The van der Waals surface area contributed by atoms with Gasteiger partial charge < -0.3 is 9.94 Å². The van der Waals surface area contributed by atoms with E-state index >= 15 is 0 Å². The second-order valence-corrected chi connectivity index (χ2v) is 2.82. The average molecular weight is 157 g/mol. The highest BCUT2D eigenvalue weighted by Crippen LogP contribution is 2.25. The van der Waals surface area contributed by atoms with Crippen LogP contribution < -0.4 is 0 Å². The minimum atomic E-state index is 0.693. The lowest BCUT2D eigenvalue weighted by Crippen LogP contribution is -2.17. The van der Waals surface area contributed by atoms with Gasteiger partial charge in [0.15, 0.2) is 0 Å². The lowest BCUT2D eigenvalue weighted by Gasteiger charge is -2.14. The summed E-state index contributed by atoms with van der Waals surface area (Å²) in [4.78, 5) is 4.98. The fraction of sp³-hybridized carbons (Fsp3) is 0.875. The molecule has 0 unspecified atom stereocenters. The Morgan fingerprint density at radius 2 is 2.27 bits per heavy atom. The van der Waals surface area contributed by atoms with Crippen LogP contribution in [-0.2, 0) is 4.84 Å². The predicted molar refractivity (Wildman–Crippen MR) is 43.5 cm³/mol. The molecule has 3 heteroatoms. The summed E-state index contributed by atoms with van der Waals surface area (Å²) in [7, 11) is 1.00. The molecule has 11 heavy (non-hydrogen) atoms. The Bertz CT molecular complexity index is 145. The molecule has 2 aliphatic rings. The summed E-state index contributed by atoms with van der Waals surface area (Å²) in [5.74, 6) is 0.693. The largest absolute Gasteiger partial charge is 0.400 e. The van der Waals surface area contributed by atoms with E-state index in [0.717, 1.165) is 13.7 Å². The molecule has 0 amide bonds. The van der Waals surface area contributed by atoms with Crippen molar-refractivity contribution >= 4 is 5.71 Å². The number of nitrogens with zero attached hydrogens (tertiary/aromatic N) is 1. The van der Waals surface area contributed by atoms with Gasteiger partial charge in [0.05, 0.1) is 5.71 Å². The maximum absolute atomic E-state index is 7.00. The molecular formula is C8H15NO2. The van der Waals surface area contributed by atoms with Crippen LogP contribution in [0.25, 0.3) is 0 Å². The van der Waals surface area contributed by atoms with E-state index in [1.54, 1.807) is 0 Å². The molecule has 0 aromatic carbocycles. The van der Waals surface area contributed by atoms with Crippen molar-refractivity contribution in [2.45, 2.75) is 25.7 Å². The highest BCUT2D eigenvalue weighted by Gasteiger charge is 2.25. The van der Waals surface area contributed by atoms with Gasteiger partial charge in [0, 0.05) is 13.0 Å². The van der Waals surface area contributed by atoms with Crippen LogP contribution in [0.2, 0.25) is 0 Å². The number of fused-ring (bicyclic) bond motifs is 1. The van der Waals surface area contributed by atoms with Gasteiger partial charge in [0.1, 0.15) is 6.61 Å². The Hall–Kier alpha value is -0.570. The van der Waals surface area contributed by atoms with Crippen LogP contribution in [0.5, 0.6) is 0 Å². The van der Waals surface area contributed by atoms with E-state index in [0.29, 0.717) is 5.92 Å². The first-order chi connectivity index (χ1) is 5.47. The molecule has 3 nitrogen and oxygen atoms in total. The Labute approximate surface area is 67.0 Å². The number of rotatable bonds is 0. The molecule has 0 aromatic heterocycles. The van der Waals surface area contributed by atoms with Crippen LogP contribution in [0.1, 0.15) is 25.7 Å². The molecule has 0 spiro atoms. The number of aliphatic hydroxyl groups excluding tert-OH is 1. The van der Waals surface area contributed by atoms with Gasteiger partial charge in [0.2, 0.25) is 0 Å². The fourth-order valence-electron chi connectivity index (χ4n) is 1.58. The Morgan fingerprint density at radius 3 is 3.00 bits per heavy atom. The molecule has 0 saturated heterocycles. The van der Waals surface area contributed by atoms with Gasteiger partial charge >= 0.3 is 0 Å². The summed E-state index contributed by atoms with van der Waals surface area (Å²) in [6.07, 6.45) is 5.18. The zero-order valence-electron chi connectivity index (χ0n) is 6.92. The van der Waals surface area contributed by atoms with Crippen LogP contribution in [0, 0.1) is 5.92 Å². The second kappa shape index (κ2) is 4.34. The number of hydrogen-bond donors (Lipinski definition) is 1. The Morgan fingerprint density at radius 1 is 1.45 bits per heavy atom. The van der Waals surface area contributed by atoms with Crippen molar-refractivity contribution < 1.29 is 9.94 Å². The molecule has 0 radical (unpaired) electrons. The second-order valence-electron chi connectivity index (χ2n) is 2.82. The fourth-order valence-corrected chi connectivity index (χ4v) is 1.58. The van der Waals surface area contributed by atoms with Crippen molar-refractivity contribution in [3.63, 3.8) is 0 Å². The topological polar surface area (TPSA) is 41.8 Å². The summed E-state index contributed by atoms with van der Waals surface area (Å²) < 4.78 is 0. The van der Waals surface area contributed by atoms with E-state index in [-0.39, 0.29) is 0 Å². The molecule has 0 bridgehead atoms. The maximum atomic E-state index is 7.00. The Kier molecular flexibility index (Phi) is 3.36. The van der Waals surface area contributed by atoms with E-state index < -0.39 is 0 Å². The zero-order chi connectivity index (χ0) is 8.10. The van der Waals surface area contributed by atoms with Crippen LogP contribution >= 0.6 is 0 Å². The molecule has 1 aliphatic carbocycles. The number of hydrogen-bond acceptors (Lipinski definition) is 3. The monoisotopic (exact) mass is 157 g/mol. The summed E-state index contributed by atoms with van der Waals surface area (Å²) in [6, 6.07) is 0. The van der Waals surface area contributed by atoms with Crippen LogP contribution in [0.4, 0.5) is 0 Å². The van der Waals surface area contributed by atoms with Crippen molar-refractivity contribution in [1.82, 2.24) is 0 Å². The normalized spacial score (nSPS) is 27.5. The molecule has 1 N–H and O–H groups in total. The molecule has 1 atom stereocenters. The molecule has 1 aliphatic heterocycles. The molecule has 2 rings (SSSR count). The van der Waals surface area contributed by atoms with E-state index in [1.165, 1.54) is 31.4 Å². The number of oxime groups is 1. The highest BCUT2D eigenvalue weighted by molar-refractivity contribution is 5.87. The van der Waals surface area contributed by atoms with Crippen LogP contribution in [-0.4, -0.2) is 24.5 Å². The van der Waals surface area contributed by atoms with E-state index in [9.17, 15) is 0 Å². The van der Waals surface area contributed by atoms with Gasteiger partial charge in [-0.25, -0.2) is 0 Å². The summed E-state index contributed by atoms with van der Waals surface area (Å²) in [6.45, 7) is 0.856. The molecule has 0 aromatic rings. The first-order valence-electron chi connectivity index (χ1n) is 4.10. The Balaban J connectivity index is 0.000000281. The van der Waals surface area contributed by atoms with Gasteiger partial charge in [-0.1, -0.05) is 11.6 Å². The van der Waals surface area contributed by atoms with Crippen molar-refractivity contribution in [2.24, 2.45) is 11.1 Å². The van der Waals surface area contributed by atoms with Crippen molar-refractivity contribution in [3.05, 3.63) is 0 Å². The van der Waals surface area contributed by atoms with Crippen LogP contribution in [0.3, 0.4) is 0 Å². The first-order valence-corrected chi connectivity index (χ1v) is 4.10. The minimum absolute atomic E-state index is 0.693. The quantitative estimate of drug-likeness (QED) is 0.573. The van der Waals surface area contributed by atoms with Gasteiger partial charge in [-0.15, -0.1) is 0 Å². The van der Waals surface area contributed by atoms with E-state index in [2.05, 4.69) is 5.16 Å². The average Bonchev–Trinajstić information content (AvgIpc) is 2.55. The number of aliphatic hydroxyl groups is 1. The minimum Gasteiger partial charge on any atom is -0.400 e. The van der Waals surface area contributed by atoms with E-state index in [1.807, 2.05) is 0 Å². The predicted octanol–water partition coefficient (Wildman–Crippen LogP) is 1.17. The standard InChI is InChI=1S/C7H11NO.CH4O/c1-2-4-7-6(3-1)5-9-8-7;1-2/h6H,1-5H2;2H,1H3/t6-;/m0./s1. The summed E-state index contributed by atoms with van der Waals surface area (Å²) >= 11 is 0. The van der Waals surface area contributed by atoms with Crippen molar-refractivity contribution in [1.29, 1.82) is 0 Å². The third-order valence-corrected chi connectivity index (χ3v) is 2.16. The van der Waals surface area contributed by atoms with Gasteiger partial charge in [-0.3, -0.25) is 0 Å². The third-order valence-electron chi connectivity index (χ3n) is 2.16. The zero-order valence-corrected chi connectivity index (χ0v) is 6.92. The SMILES string of the molecule is C1CC[C@H]2CON=C2C1.CO. The lowest BCUT2D eigenvalue weighted by atomic mass is 9.89. The van der Waals surface area contributed by atoms with Gasteiger partial charge in [-0.2, -0.15) is 0 Å². The molecule has 1 saturated carbocycles. The van der Waals surface area contributed by atoms with Gasteiger partial charge in [-0.05, 0) is 19.3 Å². The molecular weight excluding hydrogens is 142 g/mol. The molecule has 1 fully saturated rings. The summed E-state index contributed by atoms with van der Waals surface area (Å²) in [5.41, 5.74) is 1.32. The lowest BCUT2D eigenvalue weighted by molar-refractivity contribution is 0.152. The highest BCUT2D eigenvalue weighted by atomic mass is 16.6. The smallest absolute Gasteiger partial charge is 0.125 e. The van der Waals surface area contributed by atoms with Crippen LogP contribution in [0.15, 0.2) is 5.16 Å². The first kappa shape index (κ1) is 8.53. The maximum Gasteiger partial charge on any atom is 0.125 e. The van der Waals surface area contributed by atoms with Crippen molar-refractivity contribution in [3.8, 4) is 0 Å². The van der Waals surface area contributed by atoms with E-state index in [4.69, 9.17) is 9.94 Å². The molecule has 64 valence electrons. The van der Waals surface area contributed by atoms with Crippen molar-refractivity contribution in [2.75, 3.05) is 13.7 Å². The third kappa shape index (κ3) is 1.93.